The van der Waals surface area contributed by atoms with Gasteiger partial charge in [-0.15, -0.1) is 24.0 Å². The molecule has 2 amide bonds. The third kappa shape index (κ3) is 8.11. The van der Waals surface area contributed by atoms with Gasteiger partial charge in [-0.2, -0.15) is 0 Å². The van der Waals surface area contributed by atoms with Gasteiger partial charge in [0.15, 0.2) is 5.96 Å². The molecule has 3 N–H and O–H groups in total. The van der Waals surface area contributed by atoms with Gasteiger partial charge >= 0.3 is 0 Å². The van der Waals surface area contributed by atoms with Crippen molar-refractivity contribution in [2.24, 2.45) is 4.99 Å². The highest BCUT2D eigenvalue weighted by molar-refractivity contribution is 14.0. The zero-order valence-electron chi connectivity index (χ0n) is 19.9. The average molecular weight is 572 g/mol. The maximum atomic E-state index is 12.6. The van der Waals surface area contributed by atoms with Crippen LogP contribution in [-0.2, 0) is 16.1 Å². The summed E-state index contributed by atoms with van der Waals surface area (Å²) in [6.45, 7) is 13.2. The molecule has 184 valence electrons. The van der Waals surface area contributed by atoms with Gasteiger partial charge in [-0.3, -0.25) is 14.5 Å². The predicted octanol–water partition coefficient (Wildman–Crippen LogP) is 1.04. The molecule has 1 aromatic rings. The molecule has 0 bridgehead atoms. The number of carbonyl (C=O) groups is 2. The van der Waals surface area contributed by atoms with Crippen LogP contribution in [0.1, 0.15) is 36.7 Å². The molecule has 2 fully saturated rings. The fraction of sp³-hybridized carbons (Fsp3) is 0.609. The third-order valence-corrected chi connectivity index (χ3v) is 5.85. The molecule has 2 aliphatic heterocycles. The van der Waals surface area contributed by atoms with Crippen LogP contribution in [0.2, 0.25) is 0 Å². The summed E-state index contributed by atoms with van der Waals surface area (Å²) in [4.78, 5) is 32.9. The summed E-state index contributed by atoms with van der Waals surface area (Å²) >= 11 is 0. The summed E-state index contributed by atoms with van der Waals surface area (Å²) in [6.07, 6.45) is 0. The summed E-state index contributed by atoms with van der Waals surface area (Å²) in [5.41, 5.74) is 1.60. The van der Waals surface area contributed by atoms with E-state index in [1.165, 1.54) is 0 Å². The Kier molecular flexibility index (Phi) is 10.8. The first-order valence-corrected chi connectivity index (χ1v) is 11.4. The monoisotopic (exact) mass is 572 g/mol. The van der Waals surface area contributed by atoms with E-state index in [-0.39, 0.29) is 47.9 Å². The molecule has 3 rings (SSSR count). The molecule has 0 aliphatic carbocycles. The normalized spacial score (nSPS) is 17.7. The summed E-state index contributed by atoms with van der Waals surface area (Å²) in [7, 11) is 0. The van der Waals surface area contributed by atoms with Crippen molar-refractivity contribution in [3.63, 3.8) is 0 Å². The first kappa shape index (κ1) is 27.3. The fourth-order valence-corrected chi connectivity index (χ4v) is 3.84. The number of amides is 2. The van der Waals surface area contributed by atoms with Crippen LogP contribution in [0, 0.1) is 0 Å². The summed E-state index contributed by atoms with van der Waals surface area (Å²) in [6, 6.07) is 7.45. The summed E-state index contributed by atoms with van der Waals surface area (Å²) in [5, 5.41) is 9.50. The van der Waals surface area contributed by atoms with E-state index in [0.717, 1.165) is 50.9 Å². The summed E-state index contributed by atoms with van der Waals surface area (Å²) < 4.78 is 5.47. The van der Waals surface area contributed by atoms with Crippen molar-refractivity contribution in [3.05, 3.63) is 35.4 Å². The number of benzene rings is 1. The molecule has 2 saturated heterocycles. The highest BCUT2D eigenvalue weighted by Crippen LogP contribution is 2.15. The number of nitrogens with zero attached hydrogens (tertiary/aromatic N) is 3. The Bertz CT molecular complexity index is 809. The highest BCUT2D eigenvalue weighted by atomic mass is 127. The number of carbonyl (C=O) groups excluding carboxylic acids is 2. The van der Waals surface area contributed by atoms with Crippen molar-refractivity contribution in [1.82, 2.24) is 25.8 Å². The molecule has 33 heavy (non-hydrogen) atoms. The number of guanidine groups is 1. The van der Waals surface area contributed by atoms with Crippen molar-refractivity contribution >= 4 is 41.8 Å². The number of halogens is 1. The molecule has 0 unspecified atom stereocenters. The van der Waals surface area contributed by atoms with E-state index in [1.54, 1.807) is 4.90 Å². The van der Waals surface area contributed by atoms with Crippen molar-refractivity contribution in [2.45, 2.75) is 32.9 Å². The topological polar surface area (TPSA) is 98.3 Å². The van der Waals surface area contributed by atoms with Gasteiger partial charge in [-0.25, -0.2) is 4.99 Å². The van der Waals surface area contributed by atoms with Gasteiger partial charge in [-0.1, -0.05) is 12.1 Å². The molecule has 0 spiro atoms. The number of morpholine rings is 1. The SMILES string of the molecule is CCNC(=NCc1ccc(C(=O)N2CCNC(=O)C2)cc1)NCC(C)(C)N1CCOCC1.I. The van der Waals surface area contributed by atoms with Crippen LogP contribution < -0.4 is 16.0 Å². The van der Waals surface area contributed by atoms with Gasteiger partial charge in [0.2, 0.25) is 5.91 Å². The predicted molar refractivity (Wildman–Crippen MR) is 140 cm³/mol. The zero-order chi connectivity index (χ0) is 23.0. The van der Waals surface area contributed by atoms with Crippen LogP contribution >= 0.6 is 24.0 Å². The van der Waals surface area contributed by atoms with Gasteiger partial charge < -0.3 is 25.6 Å². The maximum absolute atomic E-state index is 12.6. The average Bonchev–Trinajstić information content (AvgIpc) is 2.81. The molecule has 0 saturated carbocycles. The zero-order valence-corrected chi connectivity index (χ0v) is 22.2. The van der Waals surface area contributed by atoms with E-state index in [2.05, 4.69) is 34.7 Å². The molecular weight excluding hydrogens is 535 g/mol. The standard InChI is InChI=1S/C23H36N6O3.HI/c1-4-24-22(27-17-23(2,3)29-11-13-32-14-12-29)26-15-18-5-7-19(8-6-18)21(31)28-10-9-25-20(30)16-28;/h5-8H,4,9-17H2,1-3H3,(H,25,30)(H2,24,26,27);1H. The Balaban J connectivity index is 0.00000385. The lowest BCUT2D eigenvalue weighted by atomic mass is 10.0. The third-order valence-electron chi connectivity index (χ3n) is 5.85. The lowest BCUT2D eigenvalue weighted by Gasteiger charge is -2.41. The summed E-state index contributed by atoms with van der Waals surface area (Å²) in [5.74, 6) is 0.541. The Morgan fingerprint density at radius 2 is 1.85 bits per heavy atom. The number of aliphatic imine (C=N–C) groups is 1. The number of hydrogen-bond acceptors (Lipinski definition) is 5. The lowest BCUT2D eigenvalue weighted by Crippen LogP contribution is -2.56. The van der Waals surface area contributed by atoms with Crippen LogP contribution in [0.4, 0.5) is 0 Å². The second-order valence-electron chi connectivity index (χ2n) is 8.73. The van der Waals surface area contributed by atoms with Crippen molar-refractivity contribution < 1.29 is 14.3 Å². The van der Waals surface area contributed by atoms with Crippen molar-refractivity contribution in [2.75, 3.05) is 59.0 Å². The fourth-order valence-electron chi connectivity index (χ4n) is 3.84. The second kappa shape index (κ2) is 13.1. The molecule has 2 aliphatic rings. The van der Waals surface area contributed by atoms with Crippen LogP contribution in [0.5, 0.6) is 0 Å². The van der Waals surface area contributed by atoms with Crippen LogP contribution in [0.25, 0.3) is 0 Å². The Morgan fingerprint density at radius 1 is 1.15 bits per heavy atom. The molecule has 0 aromatic heterocycles. The van der Waals surface area contributed by atoms with Crippen LogP contribution in [0.3, 0.4) is 0 Å². The molecule has 0 atom stereocenters. The van der Waals surface area contributed by atoms with E-state index in [0.29, 0.717) is 25.2 Å². The highest BCUT2D eigenvalue weighted by Gasteiger charge is 2.28. The second-order valence-corrected chi connectivity index (χ2v) is 8.73. The smallest absolute Gasteiger partial charge is 0.254 e. The van der Waals surface area contributed by atoms with Crippen LogP contribution in [0.15, 0.2) is 29.3 Å². The van der Waals surface area contributed by atoms with Gasteiger partial charge in [-0.05, 0) is 38.5 Å². The quantitative estimate of drug-likeness (QED) is 0.257. The van der Waals surface area contributed by atoms with Gasteiger partial charge in [0.1, 0.15) is 0 Å². The van der Waals surface area contributed by atoms with E-state index in [1.807, 2.05) is 31.2 Å². The molecule has 9 nitrogen and oxygen atoms in total. The Labute approximate surface area is 213 Å². The molecular formula is C23H37IN6O3. The van der Waals surface area contributed by atoms with E-state index < -0.39 is 0 Å². The molecule has 2 heterocycles. The van der Waals surface area contributed by atoms with Gasteiger partial charge in [0.05, 0.1) is 26.3 Å². The van der Waals surface area contributed by atoms with E-state index >= 15 is 0 Å². The van der Waals surface area contributed by atoms with Gasteiger partial charge in [0.25, 0.3) is 5.91 Å². The number of rotatable bonds is 7. The largest absolute Gasteiger partial charge is 0.379 e. The minimum Gasteiger partial charge on any atom is -0.379 e. The van der Waals surface area contributed by atoms with E-state index in [9.17, 15) is 9.59 Å². The lowest BCUT2D eigenvalue weighted by molar-refractivity contribution is -0.123. The first-order valence-electron chi connectivity index (χ1n) is 11.4. The molecule has 1 aromatic carbocycles. The van der Waals surface area contributed by atoms with E-state index in [4.69, 9.17) is 9.73 Å². The number of hydrogen-bond donors (Lipinski definition) is 3. The first-order chi connectivity index (χ1) is 15.4. The maximum Gasteiger partial charge on any atom is 0.254 e. The van der Waals surface area contributed by atoms with Crippen molar-refractivity contribution in [3.8, 4) is 0 Å². The number of piperazine rings is 1. The van der Waals surface area contributed by atoms with Crippen LogP contribution in [-0.4, -0.2) is 92.1 Å². The number of nitrogens with one attached hydrogen (secondary N) is 3. The van der Waals surface area contributed by atoms with Crippen molar-refractivity contribution in [1.29, 1.82) is 0 Å². The van der Waals surface area contributed by atoms with Gasteiger partial charge in [0, 0.05) is 50.4 Å². The number of ether oxygens (including phenoxy) is 1. The Hall–Kier alpha value is -1.92. The minimum absolute atomic E-state index is 0. The molecule has 0 radical (unpaired) electrons. The minimum atomic E-state index is -0.116. The molecule has 10 heteroatoms. The Morgan fingerprint density at radius 3 is 2.48 bits per heavy atom.